The molecule has 0 saturated carbocycles. The molecule has 37 heavy (non-hydrogen) atoms. The summed E-state index contributed by atoms with van der Waals surface area (Å²) in [7, 11) is 1.81. The van der Waals surface area contributed by atoms with E-state index >= 15 is 0 Å². The number of hydrogen-bond acceptors (Lipinski definition) is 9. The van der Waals surface area contributed by atoms with E-state index in [2.05, 4.69) is 36.8 Å². The third-order valence-corrected chi connectivity index (χ3v) is 7.14. The van der Waals surface area contributed by atoms with Gasteiger partial charge in [0.25, 0.3) is 0 Å². The first-order chi connectivity index (χ1) is 17.9. The molecule has 0 fully saturated rings. The van der Waals surface area contributed by atoms with Crippen LogP contribution in [0.2, 0.25) is 0 Å². The number of anilines is 4. The van der Waals surface area contributed by atoms with Crippen molar-refractivity contribution in [2.75, 3.05) is 36.5 Å². The van der Waals surface area contributed by atoms with Crippen molar-refractivity contribution in [2.45, 2.75) is 32.2 Å². The van der Waals surface area contributed by atoms with Crippen LogP contribution >= 0.6 is 0 Å². The molecule has 11 nitrogen and oxygen atoms in total. The summed E-state index contributed by atoms with van der Waals surface area (Å²) in [5.74, 6) is 1.45. The van der Waals surface area contributed by atoms with Crippen LogP contribution in [0.1, 0.15) is 29.3 Å². The van der Waals surface area contributed by atoms with Gasteiger partial charge in [0, 0.05) is 61.7 Å². The number of carbonyl (C=O) groups is 1. The zero-order chi connectivity index (χ0) is 25.7. The molecule has 0 radical (unpaired) electrons. The van der Waals surface area contributed by atoms with Gasteiger partial charge in [-0.15, -0.1) is 0 Å². The Labute approximate surface area is 213 Å². The van der Waals surface area contributed by atoms with Crippen LogP contribution in [0.5, 0.6) is 0 Å². The first kappa shape index (κ1) is 22.7. The highest BCUT2D eigenvalue weighted by atomic mass is 16.2. The average Bonchev–Trinajstić information content (AvgIpc) is 3.21. The summed E-state index contributed by atoms with van der Waals surface area (Å²) < 4.78 is 1.74. The molecule has 0 aromatic carbocycles. The summed E-state index contributed by atoms with van der Waals surface area (Å²) in [6, 6.07) is 8.18. The molecule has 0 aliphatic carbocycles. The molecule has 1 atom stereocenters. The fraction of sp³-hybridized carbons (Fsp3) is 0.308. The number of likely N-dealkylation sites (N-methyl/N-ethyl adjacent to an activating group) is 1. The summed E-state index contributed by atoms with van der Waals surface area (Å²) in [4.78, 5) is 27.7. The van der Waals surface area contributed by atoms with Crippen LogP contribution in [0.4, 0.5) is 23.1 Å². The van der Waals surface area contributed by atoms with Crippen molar-refractivity contribution in [1.82, 2.24) is 29.6 Å². The number of rotatable bonds is 3. The summed E-state index contributed by atoms with van der Waals surface area (Å²) >= 11 is 0. The quantitative estimate of drug-likeness (QED) is 0.390. The van der Waals surface area contributed by atoms with E-state index in [-0.39, 0.29) is 18.4 Å². The molecular weight excluding hydrogens is 468 g/mol. The highest BCUT2D eigenvalue weighted by molar-refractivity contribution is 5.95. The third-order valence-electron chi connectivity index (χ3n) is 7.14. The van der Waals surface area contributed by atoms with Crippen molar-refractivity contribution in [2.24, 2.45) is 0 Å². The number of hydrogen-bond donors (Lipinski definition) is 3. The molecule has 1 amide bonds. The van der Waals surface area contributed by atoms with E-state index in [1.165, 1.54) is 0 Å². The zero-order valence-corrected chi connectivity index (χ0v) is 20.6. The standard InChI is InChI=1S/C26H26N10O/c1-14-18(11-31-25-15(10-27)3-5-29-24(14)25)20-7-16-8-21(30-12-19(16)26(28)32-20)33-22-9-17-4-6-35(2)23(37)13-36(17)34-22/h7-9,11-12,15,29H,3-6,13H2,1-2H3,(H2,28,32)(H,30,33,34)/t15-/m1/s1. The smallest absolute Gasteiger partial charge is 0.244 e. The number of pyridine rings is 3. The van der Waals surface area contributed by atoms with E-state index in [1.807, 2.05) is 32.2 Å². The van der Waals surface area contributed by atoms with E-state index in [0.29, 0.717) is 29.7 Å². The lowest BCUT2D eigenvalue weighted by Gasteiger charge is -2.24. The van der Waals surface area contributed by atoms with Gasteiger partial charge in [-0.25, -0.2) is 9.97 Å². The average molecular weight is 495 g/mol. The maximum Gasteiger partial charge on any atom is 0.244 e. The summed E-state index contributed by atoms with van der Waals surface area (Å²) in [5, 5.41) is 22.3. The Balaban J connectivity index is 1.34. The van der Waals surface area contributed by atoms with Crippen LogP contribution in [0, 0.1) is 18.3 Å². The van der Waals surface area contributed by atoms with Crippen molar-refractivity contribution >= 4 is 39.8 Å². The van der Waals surface area contributed by atoms with E-state index < -0.39 is 0 Å². The molecular formula is C26H26N10O. The van der Waals surface area contributed by atoms with Crippen molar-refractivity contribution in [3.63, 3.8) is 0 Å². The molecule has 6 rings (SSSR count). The van der Waals surface area contributed by atoms with Gasteiger partial charge in [0.15, 0.2) is 5.82 Å². The molecule has 0 spiro atoms. The largest absolute Gasteiger partial charge is 0.383 e. The van der Waals surface area contributed by atoms with Crippen molar-refractivity contribution < 1.29 is 4.79 Å². The van der Waals surface area contributed by atoms with Gasteiger partial charge in [0.1, 0.15) is 18.2 Å². The van der Waals surface area contributed by atoms with Gasteiger partial charge in [-0.2, -0.15) is 10.4 Å². The van der Waals surface area contributed by atoms with Crippen LogP contribution in [0.25, 0.3) is 22.0 Å². The molecule has 0 bridgehead atoms. The third kappa shape index (κ3) is 3.96. The first-order valence-corrected chi connectivity index (χ1v) is 12.2. The highest BCUT2D eigenvalue weighted by Crippen LogP contribution is 2.37. The molecule has 4 N–H and O–H groups in total. The van der Waals surface area contributed by atoms with Crippen molar-refractivity contribution in [1.29, 1.82) is 5.26 Å². The first-order valence-electron chi connectivity index (χ1n) is 12.2. The van der Waals surface area contributed by atoms with Gasteiger partial charge in [-0.1, -0.05) is 0 Å². The number of nitrogen functional groups attached to an aromatic ring is 1. The van der Waals surface area contributed by atoms with Gasteiger partial charge < -0.3 is 21.3 Å². The minimum absolute atomic E-state index is 0.0399. The fourth-order valence-electron chi connectivity index (χ4n) is 4.99. The van der Waals surface area contributed by atoms with Gasteiger partial charge in [0.05, 0.1) is 29.1 Å². The molecule has 186 valence electrons. The SMILES string of the molecule is Cc1c(-c2cc3cc(Nc4cc5n(n4)CC(=O)N(C)CC5)ncc3c(N)n2)cnc2c1NCC[C@@H]2C#N. The zero-order valence-electron chi connectivity index (χ0n) is 20.6. The number of amides is 1. The van der Waals surface area contributed by atoms with Crippen LogP contribution in [-0.2, 0) is 17.8 Å². The van der Waals surface area contributed by atoms with E-state index in [0.717, 1.165) is 58.4 Å². The molecule has 0 saturated heterocycles. The Hall–Kier alpha value is -4.72. The highest BCUT2D eigenvalue weighted by Gasteiger charge is 2.25. The molecule has 2 aliphatic heterocycles. The van der Waals surface area contributed by atoms with Gasteiger partial charge in [0.2, 0.25) is 5.91 Å². The Morgan fingerprint density at radius 3 is 2.92 bits per heavy atom. The number of nitriles is 1. The number of carbonyl (C=O) groups excluding carboxylic acids is 1. The van der Waals surface area contributed by atoms with Crippen LogP contribution in [-0.4, -0.2) is 55.7 Å². The molecule has 6 heterocycles. The predicted molar refractivity (Wildman–Crippen MR) is 140 cm³/mol. The van der Waals surface area contributed by atoms with Gasteiger partial charge in [-0.3, -0.25) is 14.5 Å². The predicted octanol–water partition coefficient (Wildman–Crippen LogP) is 2.96. The number of nitrogens with one attached hydrogen (secondary N) is 2. The summed E-state index contributed by atoms with van der Waals surface area (Å²) in [5.41, 5.74) is 11.6. The summed E-state index contributed by atoms with van der Waals surface area (Å²) in [6.07, 6.45) is 4.95. The number of aromatic nitrogens is 5. The molecule has 4 aromatic heterocycles. The summed E-state index contributed by atoms with van der Waals surface area (Å²) in [6.45, 7) is 3.63. The van der Waals surface area contributed by atoms with Gasteiger partial charge in [-0.05, 0) is 36.4 Å². The maximum atomic E-state index is 12.2. The molecule has 4 aromatic rings. The minimum atomic E-state index is -0.213. The van der Waals surface area contributed by atoms with E-state index in [9.17, 15) is 10.1 Å². The Bertz CT molecular complexity index is 1600. The Morgan fingerprint density at radius 1 is 1.22 bits per heavy atom. The number of nitrogens with zero attached hydrogens (tertiary/aromatic N) is 7. The molecule has 11 heteroatoms. The Kier molecular flexibility index (Phi) is 5.37. The fourth-order valence-corrected chi connectivity index (χ4v) is 4.99. The second-order valence-corrected chi connectivity index (χ2v) is 9.51. The van der Waals surface area contributed by atoms with Gasteiger partial charge >= 0.3 is 0 Å². The van der Waals surface area contributed by atoms with Crippen LogP contribution in [0.15, 0.2) is 30.6 Å². The maximum absolute atomic E-state index is 12.2. The van der Waals surface area contributed by atoms with E-state index in [1.54, 1.807) is 22.0 Å². The minimum Gasteiger partial charge on any atom is -0.383 e. The Morgan fingerprint density at radius 2 is 2.08 bits per heavy atom. The number of nitrogens with two attached hydrogens (primary N) is 1. The molecule has 2 aliphatic rings. The second kappa shape index (κ2) is 8.74. The normalized spacial score (nSPS) is 16.9. The van der Waals surface area contributed by atoms with Crippen molar-refractivity contribution in [3.8, 4) is 17.3 Å². The lowest BCUT2D eigenvalue weighted by Crippen LogP contribution is -2.29. The lowest BCUT2D eigenvalue weighted by molar-refractivity contribution is -0.130. The number of fused-ring (bicyclic) bond motifs is 3. The lowest BCUT2D eigenvalue weighted by atomic mass is 9.93. The van der Waals surface area contributed by atoms with Crippen LogP contribution in [0.3, 0.4) is 0 Å². The second-order valence-electron chi connectivity index (χ2n) is 9.51. The topological polar surface area (TPSA) is 151 Å². The van der Waals surface area contributed by atoms with E-state index in [4.69, 9.17) is 5.73 Å². The molecule has 0 unspecified atom stereocenters. The van der Waals surface area contributed by atoms with Crippen molar-refractivity contribution in [3.05, 3.63) is 47.5 Å². The van der Waals surface area contributed by atoms with Crippen LogP contribution < -0.4 is 16.4 Å². The monoisotopic (exact) mass is 494 g/mol.